The Morgan fingerprint density at radius 1 is 1.56 bits per heavy atom. The van der Waals surface area contributed by atoms with Gasteiger partial charge in [-0.2, -0.15) is 4.98 Å². The minimum Gasteiger partial charge on any atom is -0.394 e. The molecule has 0 saturated carbocycles. The summed E-state index contributed by atoms with van der Waals surface area (Å²) >= 11 is 0. The van der Waals surface area contributed by atoms with E-state index in [1.807, 2.05) is 20.8 Å². The van der Waals surface area contributed by atoms with Gasteiger partial charge in [-0.05, 0) is 20.3 Å². The monoisotopic (exact) mass is 229 g/mol. The fourth-order valence-corrected chi connectivity index (χ4v) is 1.32. The SMILES string of the molecule is CCOC(C)(CC)c1noc(C(N)CO)n1. The van der Waals surface area contributed by atoms with Crippen molar-refractivity contribution in [2.45, 2.75) is 38.8 Å². The Morgan fingerprint density at radius 3 is 2.75 bits per heavy atom. The second-order valence-electron chi connectivity index (χ2n) is 3.76. The molecule has 0 radical (unpaired) electrons. The van der Waals surface area contributed by atoms with Gasteiger partial charge in [-0.25, -0.2) is 0 Å². The smallest absolute Gasteiger partial charge is 0.246 e. The fourth-order valence-electron chi connectivity index (χ4n) is 1.32. The summed E-state index contributed by atoms with van der Waals surface area (Å²) in [6, 6.07) is -0.635. The van der Waals surface area contributed by atoms with E-state index < -0.39 is 11.6 Å². The first-order valence-corrected chi connectivity index (χ1v) is 5.41. The van der Waals surface area contributed by atoms with Crippen LogP contribution in [0.15, 0.2) is 4.52 Å². The Hall–Kier alpha value is -0.980. The van der Waals surface area contributed by atoms with Gasteiger partial charge in [0.15, 0.2) is 0 Å². The van der Waals surface area contributed by atoms with E-state index in [4.69, 9.17) is 20.1 Å². The molecule has 3 N–H and O–H groups in total. The summed E-state index contributed by atoms with van der Waals surface area (Å²) in [4.78, 5) is 4.15. The summed E-state index contributed by atoms with van der Waals surface area (Å²) in [7, 11) is 0. The van der Waals surface area contributed by atoms with E-state index in [-0.39, 0.29) is 12.5 Å². The minimum atomic E-state index is -0.635. The lowest BCUT2D eigenvalue weighted by molar-refractivity contribution is -0.0403. The van der Waals surface area contributed by atoms with E-state index in [9.17, 15) is 0 Å². The molecule has 1 aromatic rings. The number of rotatable bonds is 6. The molecule has 92 valence electrons. The van der Waals surface area contributed by atoms with Crippen LogP contribution < -0.4 is 5.73 Å². The third-order valence-electron chi connectivity index (χ3n) is 2.57. The van der Waals surface area contributed by atoms with Crippen LogP contribution in [0.3, 0.4) is 0 Å². The van der Waals surface area contributed by atoms with Gasteiger partial charge in [-0.1, -0.05) is 12.1 Å². The molecule has 1 aromatic heterocycles. The van der Waals surface area contributed by atoms with Crippen molar-refractivity contribution in [2.24, 2.45) is 5.73 Å². The zero-order valence-electron chi connectivity index (χ0n) is 9.93. The van der Waals surface area contributed by atoms with Gasteiger partial charge in [0.1, 0.15) is 11.6 Å². The molecule has 0 aromatic carbocycles. The van der Waals surface area contributed by atoms with Crippen LogP contribution in [0.4, 0.5) is 0 Å². The number of hydrogen-bond donors (Lipinski definition) is 2. The Morgan fingerprint density at radius 2 is 2.25 bits per heavy atom. The summed E-state index contributed by atoms with van der Waals surface area (Å²) in [5, 5.41) is 12.7. The summed E-state index contributed by atoms with van der Waals surface area (Å²) in [6.07, 6.45) is 0.730. The lowest BCUT2D eigenvalue weighted by Gasteiger charge is -2.23. The maximum absolute atomic E-state index is 8.88. The van der Waals surface area contributed by atoms with Gasteiger partial charge in [0.2, 0.25) is 11.7 Å². The molecule has 0 aliphatic heterocycles. The van der Waals surface area contributed by atoms with Crippen molar-refractivity contribution in [2.75, 3.05) is 13.2 Å². The van der Waals surface area contributed by atoms with Crippen molar-refractivity contribution in [3.63, 3.8) is 0 Å². The molecular weight excluding hydrogens is 210 g/mol. The maximum atomic E-state index is 8.88. The van der Waals surface area contributed by atoms with Gasteiger partial charge < -0.3 is 20.1 Å². The number of hydrogen-bond acceptors (Lipinski definition) is 6. The van der Waals surface area contributed by atoms with Crippen LogP contribution in [0, 0.1) is 0 Å². The zero-order chi connectivity index (χ0) is 12.2. The highest BCUT2D eigenvalue weighted by molar-refractivity contribution is 5.01. The highest BCUT2D eigenvalue weighted by Gasteiger charge is 2.31. The Labute approximate surface area is 94.8 Å². The Balaban J connectivity index is 2.90. The van der Waals surface area contributed by atoms with Gasteiger partial charge >= 0.3 is 0 Å². The lowest BCUT2D eigenvalue weighted by atomic mass is 10.0. The van der Waals surface area contributed by atoms with E-state index in [0.29, 0.717) is 12.4 Å². The number of aromatic nitrogens is 2. The third-order valence-corrected chi connectivity index (χ3v) is 2.57. The van der Waals surface area contributed by atoms with Gasteiger partial charge in [-0.15, -0.1) is 0 Å². The van der Waals surface area contributed by atoms with Crippen molar-refractivity contribution >= 4 is 0 Å². The molecule has 0 bridgehead atoms. The first-order chi connectivity index (χ1) is 7.57. The molecule has 6 nitrogen and oxygen atoms in total. The Bertz CT molecular complexity index is 329. The molecule has 0 amide bonds. The zero-order valence-corrected chi connectivity index (χ0v) is 9.93. The van der Waals surface area contributed by atoms with E-state index in [1.165, 1.54) is 0 Å². The van der Waals surface area contributed by atoms with Gasteiger partial charge in [-0.3, -0.25) is 0 Å². The standard InChI is InChI=1S/C10H19N3O3/c1-4-10(3,15-5-2)9-12-8(16-13-9)7(11)6-14/h7,14H,4-6,11H2,1-3H3. The third kappa shape index (κ3) is 2.58. The molecular formula is C10H19N3O3. The lowest BCUT2D eigenvalue weighted by Crippen LogP contribution is -2.27. The van der Waals surface area contributed by atoms with Gasteiger partial charge in [0.25, 0.3) is 0 Å². The first kappa shape index (κ1) is 13.1. The molecule has 16 heavy (non-hydrogen) atoms. The maximum Gasteiger partial charge on any atom is 0.246 e. The number of nitrogens with zero attached hydrogens (tertiary/aromatic N) is 2. The largest absolute Gasteiger partial charge is 0.394 e. The second-order valence-corrected chi connectivity index (χ2v) is 3.76. The second kappa shape index (κ2) is 5.38. The fraction of sp³-hybridized carbons (Fsp3) is 0.800. The molecule has 1 heterocycles. The minimum absolute atomic E-state index is 0.223. The number of aliphatic hydroxyl groups is 1. The molecule has 2 unspecified atom stereocenters. The van der Waals surface area contributed by atoms with Crippen LogP contribution in [-0.2, 0) is 10.3 Å². The molecule has 0 spiro atoms. The first-order valence-electron chi connectivity index (χ1n) is 5.41. The van der Waals surface area contributed by atoms with E-state index in [2.05, 4.69) is 10.1 Å². The van der Waals surface area contributed by atoms with E-state index in [1.54, 1.807) is 0 Å². The number of nitrogens with two attached hydrogens (primary N) is 1. The number of aliphatic hydroxyl groups excluding tert-OH is 1. The van der Waals surface area contributed by atoms with Crippen LogP contribution in [0.5, 0.6) is 0 Å². The van der Waals surface area contributed by atoms with Crippen LogP contribution in [0.1, 0.15) is 44.9 Å². The summed E-state index contributed by atoms with van der Waals surface area (Å²) in [5.41, 5.74) is 5.02. The molecule has 0 fully saturated rings. The van der Waals surface area contributed by atoms with Crippen LogP contribution in [-0.4, -0.2) is 28.5 Å². The summed E-state index contributed by atoms with van der Waals surface area (Å²) < 4.78 is 10.6. The molecule has 1 rings (SSSR count). The van der Waals surface area contributed by atoms with Crippen molar-refractivity contribution < 1.29 is 14.4 Å². The quantitative estimate of drug-likeness (QED) is 0.746. The molecule has 6 heteroatoms. The van der Waals surface area contributed by atoms with Gasteiger partial charge in [0, 0.05) is 6.61 Å². The molecule has 0 aliphatic rings. The van der Waals surface area contributed by atoms with Crippen molar-refractivity contribution in [3.05, 3.63) is 11.7 Å². The summed E-state index contributed by atoms with van der Waals surface area (Å²) in [5.74, 6) is 0.702. The van der Waals surface area contributed by atoms with Crippen molar-refractivity contribution in [3.8, 4) is 0 Å². The molecule has 0 aliphatic carbocycles. The average molecular weight is 229 g/mol. The van der Waals surface area contributed by atoms with Crippen molar-refractivity contribution in [1.29, 1.82) is 0 Å². The highest BCUT2D eigenvalue weighted by atomic mass is 16.5. The molecule has 0 saturated heterocycles. The van der Waals surface area contributed by atoms with Crippen LogP contribution >= 0.6 is 0 Å². The predicted octanol–water partition coefficient (Wildman–Crippen LogP) is 0.723. The Kier molecular flexibility index (Phi) is 4.40. The highest BCUT2D eigenvalue weighted by Crippen LogP contribution is 2.26. The topological polar surface area (TPSA) is 94.4 Å². The van der Waals surface area contributed by atoms with E-state index >= 15 is 0 Å². The van der Waals surface area contributed by atoms with Gasteiger partial charge in [0.05, 0.1) is 6.61 Å². The van der Waals surface area contributed by atoms with Crippen LogP contribution in [0.2, 0.25) is 0 Å². The number of ether oxygens (including phenoxy) is 1. The normalized spacial score (nSPS) is 17.1. The summed E-state index contributed by atoms with van der Waals surface area (Å²) in [6.45, 7) is 6.14. The molecule has 2 atom stereocenters. The predicted molar refractivity (Wildman–Crippen MR) is 57.6 cm³/mol. The van der Waals surface area contributed by atoms with Crippen LogP contribution in [0.25, 0.3) is 0 Å². The van der Waals surface area contributed by atoms with Crippen molar-refractivity contribution in [1.82, 2.24) is 10.1 Å². The average Bonchev–Trinajstić information content (AvgIpc) is 2.78. The van der Waals surface area contributed by atoms with E-state index in [0.717, 1.165) is 6.42 Å².